The van der Waals surface area contributed by atoms with Crippen molar-refractivity contribution in [2.45, 2.75) is 64.4 Å². The Bertz CT molecular complexity index is 587. The normalized spacial score (nSPS) is 21.6. The summed E-state index contributed by atoms with van der Waals surface area (Å²) in [6, 6.07) is 8.47. The molecule has 0 unspecified atom stereocenters. The molecule has 138 valence electrons. The second-order valence-corrected chi connectivity index (χ2v) is 8.41. The lowest BCUT2D eigenvalue weighted by atomic mass is 9.97. The van der Waals surface area contributed by atoms with E-state index in [0.29, 0.717) is 18.4 Å². The van der Waals surface area contributed by atoms with Crippen molar-refractivity contribution in [1.82, 2.24) is 4.90 Å². The Labute approximate surface area is 151 Å². The second-order valence-electron chi connectivity index (χ2n) is 8.41. The molecule has 4 nitrogen and oxygen atoms in total. The van der Waals surface area contributed by atoms with E-state index in [9.17, 15) is 4.79 Å². The number of rotatable bonds is 4. The molecule has 1 aliphatic carbocycles. The highest BCUT2D eigenvalue weighted by atomic mass is 16.6. The van der Waals surface area contributed by atoms with Crippen molar-refractivity contribution >= 4 is 6.09 Å². The Morgan fingerprint density at radius 2 is 1.88 bits per heavy atom. The van der Waals surface area contributed by atoms with Gasteiger partial charge in [-0.15, -0.1) is 0 Å². The molecule has 0 bridgehead atoms. The van der Waals surface area contributed by atoms with Crippen LogP contribution in [-0.2, 0) is 4.74 Å². The summed E-state index contributed by atoms with van der Waals surface area (Å²) in [6.07, 6.45) is 5.97. The van der Waals surface area contributed by atoms with Gasteiger partial charge in [0.25, 0.3) is 0 Å². The molecular formula is C21H31NO3. The zero-order valence-corrected chi connectivity index (χ0v) is 15.8. The average Bonchev–Trinajstić information content (AvgIpc) is 3.23. The molecule has 1 amide bonds. The highest BCUT2D eigenvalue weighted by molar-refractivity contribution is 5.68. The van der Waals surface area contributed by atoms with E-state index in [4.69, 9.17) is 9.47 Å². The summed E-state index contributed by atoms with van der Waals surface area (Å²) in [5.41, 5.74) is 0.924. The Morgan fingerprint density at radius 3 is 2.60 bits per heavy atom. The van der Waals surface area contributed by atoms with Gasteiger partial charge in [-0.1, -0.05) is 31.0 Å². The van der Waals surface area contributed by atoms with Crippen LogP contribution in [0.2, 0.25) is 0 Å². The molecule has 1 heterocycles. The van der Waals surface area contributed by atoms with Crippen LogP contribution in [0.25, 0.3) is 0 Å². The van der Waals surface area contributed by atoms with Crippen LogP contribution in [-0.4, -0.2) is 36.3 Å². The third kappa shape index (κ3) is 4.90. The minimum atomic E-state index is -0.439. The molecule has 2 fully saturated rings. The lowest BCUT2D eigenvalue weighted by Crippen LogP contribution is -2.35. The fraction of sp³-hybridized carbons (Fsp3) is 0.667. The monoisotopic (exact) mass is 345 g/mol. The molecule has 1 aromatic carbocycles. The predicted octanol–water partition coefficient (Wildman–Crippen LogP) is 4.98. The van der Waals surface area contributed by atoms with E-state index in [1.807, 2.05) is 25.7 Å². The van der Waals surface area contributed by atoms with Gasteiger partial charge in [-0.2, -0.15) is 0 Å². The Hall–Kier alpha value is -1.71. The summed E-state index contributed by atoms with van der Waals surface area (Å²) in [5.74, 6) is 2.06. The highest BCUT2D eigenvalue weighted by Gasteiger charge is 2.30. The molecule has 1 saturated carbocycles. The first kappa shape index (κ1) is 18.1. The quantitative estimate of drug-likeness (QED) is 0.772. The van der Waals surface area contributed by atoms with Crippen LogP contribution in [0.3, 0.4) is 0 Å². The van der Waals surface area contributed by atoms with E-state index < -0.39 is 5.60 Å². The number of likely N-dealkylation sites (tertiary alicyclic amines) is 1. The van der Waals surface area contributed by atoms with Crippen LogP contribution in [0.4, 0.5) is 4.79 Å². The minimum absolute atomic E-state index is 0.207. The van der Waals surface area contributed by atoms with Crippen LogP contribution in [0, 0.1) is 5.92 Å². The summed E-state index contributed by atoms with van der Waals surface area (Å²) in [5, 5.41) is 0. The van der Waals surface area contributed by atoms with Gasteiger partial charge in [0, 0.05) is 19.0 Å². The fourth-order valence-electron chi connectivity index (χ4n) is 3.85. The van der Waals surface area contributed by atoms with Crippen LogP contribution in [0.15, 0.2) is 24.3 Å². The van der Waals surface area contributed by atoms with Crippen LogP contribution < -0.4 is 4.74 Å². The number of para-hydroxylation sites is 1. The number of carbonyl (C=O) groups excluding carboxylic acids is 1. The van der Waals surface area contributed by atoms with E-state index in [1.165, 1.54) is 31.2 Å². The molecule has 1 saturated heterocycles. The Kier molecular flexibility index (Phi) is 5.55. The van der Waals surface area contributed by atoms with Crippen molar-refractivity contribution in [1.29, 1.82) is 0 Å². The van der Waals surface area contributed by atoms with Crippen molar-refractivity contribution in [2.24, 2.45) is 5.92 Å². The number of amides is 1. The van der Waals surface area contributed by atoms with E-state index in [1.54, 1.807) is 0 Å². The number of hydrogen-bond acceptors (Lipinski definition) is 3. The van der Waals surface area contributed by atoms with Crippen LogP contribution in [0.1, 0.15) is 64.4 Å². The van der Waals surface area contributed by atoms with Gasteiger partial charge >= 0.3 is 6.09 Å². The van der Waals surface area contributed by atoms with E-state index >= 15 is 0 Å². The minimum Gasteiger partial charge on any atom is -0.493 e. The maximum atomic E-state index is 12.2. The summed E-state index contributed by atoms with van der Waals surface area (Å²) in [4.78, 5) is 14.0. The van der Waals surface area contributed by atoms with Crippen LogP contribution >= 0.6 is 0 Å². The number of hydrogen-bond donors (Lipinski definition) is 0. The van der Waals surface area contributed by atoms with Crippen molar-refractivity contribution in [3.05, 3.63) is 29.8 Å². The van der Waals surface area contributed by atoms with Gasteiger partial charge < -0.3 is 14.4 Å². The fourth-order valence-corrected chi connectivity index (χ4v) is 3.85. The van der Waals surface area contributed by atoms with Gasteiger partial charge in [0.1, 0.15) is 11.4 Å². The SMILES string of the molecule is CC(C)(C)OC(=O)N1CC[C@H](COc2ccccc2C2CCCC2)C1. The molecule has 0 N–H and O–H groups in total. The number of nitrogens with zero attached hydrogens (tertiary/aromatic N) is 1. The average molecular weight is 345 g/mol. The molecule has 4 heteroatoms. The topological polar surface area (TPSA) is 38.8 Å². The molecule has 25 heavy (non-hydrogen) atoms. The van der Waals surface area contributed by atoms with Crippen molar-refractivity contribution in [2.75, 3.05) is 19.7 Å². The van der Waals surface area contributed by atoms with Crippen LogP contribution in [0.5, 0.6) is 5.75 Å². The number of benzene rings is 1. The molecule has 0 spiro atoms. The molecule has 0 radical (unpaired) electrons. The van der Waals surface area contributed by atoms with Gasteiger partial charge in [-0.25, -0.2) is 4.79 Å². The Morgan fingerprint density at radius 1 is 1.16 bits per heavy atom. The molecule has 1 aromatic rings. The first-order chi connectivity index (χ1) is 11.9. The summed E-state index contributed by atoms with van der Waals surface area (Å²) < 4.78 is 11.6. The van der Waals surface area contributed by atoms with E-state index in [-0.39, 0.29) is 6.09 Å². The van der Waals surface area contributed by atoms with Gasteiger partial charge in [0.2, 0.25) is 0 Å². The second kappa shape index (κ2) is 7.67. The van der Waals surface area contributed by atoms with Crippen molar-refractivity contribution in [3.8, 4) is 5.75 Å². The van der Waals surface area contributed by atoms with Gasteiger partial charge in [0.05, 0.1) is 6.61 Å². The highest BCUT2D eigenvalue weighted by Crippen LogP contribution is 2.38. The maximum absolute atomic E-state index is 12.2. The van der Waals surface area contributed by atoms with Crippen molar-refractivity contribution in [3.63, 3.8) is 0 Å². The van der Waals surface area contributed by atoms with Gasteiger partial charge in [-0.05, 0) is 57.6 Å². The van der Waals surface area contributed by atoms with Gasteiger partial charge in [-0.3, -0.25) is 0 Å². The summed E-state index contributed by atoms with van der Waals surface area (Å²) >= 11 is 0. The van der Waals surface area contributed by atoms with Gasteiger partial charge in [0.15, 0.2) is 0 Å². The first-order valence-electron chi connectivity index (χ1n) is 9.62. The maximum Gasteiger partial charge on any atom is 0.410 e. The lowest BCUT2D eigenvalue weighted by Gasteiger charge is -2.24. The molecule has 1 atom stereocenters. The Balaban J connectivity index is 1.52. The molecule has 0 aromatic heterocycles. The zero-order chi connectivity index (χ0) is 17.9. The number of carbonyl (C=O) groups is 1. The summed E-state index contributed by atoms with van der Waals surface area (Å²) in [6.45, 7) is 7.86. The molecular weight excluding hydrogens is 314 g/mol. The molecule has 2 aliphatic rings. The van der Waals surface area contributed by atoms with E-state index in [0.717, 1.165) is 25.3 Å². The van der Waals surface area contributed by atoms with Crippen molar-refractivity contribution < 1.29 is 14.3 Å². The lowest BCUT2D eigenvalue weighted by molar-refractivity contribution is 0.0284. The first-order valence-corrected chi connectivity index (χ1v) is 9.62. The molecule has 3 rings (SSSR count). The predicted molar refractivity (Wildman–Crippen MR) is 99.1 cm³/mol. The standard InChI is InChI=1S/C21H31NO3/c1-21(2,3)25-20(23)22-13-12-16(14-22)15-24-19-11-7-6-10-18(19)17-8-4-5-9-17/h6-7,10-11,16-17H,4-5,8-9,12-15H2,1-3H3/t16-/m0/s1. The largest absolute Gasteiger partial charge is 0.493 e. The number of ether oxygens (including phenoxy) is 2. The van der Waals surface area contributed by atoms with E-state index in [2.05, 4.69) is 24.3 Å². The smallest absolute Gasteiger partial charge is 0.410 e. The third-order valence-electron chi connectivity index (χ3n) is 5.13. The molecule has 1 aliphatic heterocycles. The third-order valence-corrected chi connectivity index (χ3v) is 5.13. The summed E-state index contributed by atoms with van der Waals surface area (Å²) in [7, 11) is 0. The zero-order valence-electron chi connectivity index (χ0n) is 15.8.